The van der Waals surface area contributed by atoms with Crippen molar-refractivity contribution in [3.63, 3.8) is 0 Å². The Kier molecular flexibility index (Phi) is 4.84. The Morgan fingerprint density at radius 3 is 2.73 bits per heavy atom. The SMILES string of the molecule is O=C(N[C@@H]1CCC[C@H]1OCc1ccccc1)c1cnc(C2CC2)[nH]c1=O. The number of hydrogen-bond acceptors (Lipinski definition) is 4. The number of ether oxygens (including phenoxy) is 1. The molecule has 2 aromatic rings. The van der Waals surface area contributed by atoms with Crippen LogP contribution in [-0.2, 0) is 11.3 Å². The molecule has 136 valence electrons. The van der Waals surface area contributed by atoms with Gasteiger partial charge in [-0.3, -0.25) is 9.59 Å². The van der Waals surface area contributed by atoms with E-state index in [1.165, 1.54) is 6.20 Å². The quantitative estimate of drug-likeness (QED) is 0.836. The number of nitrogens with zero attached hydrogens (tertiary/aromatic N) is 1. The lowest BCUT2D eigenvalue weighted by atomic mass is 10.2. The van der Waals surface area contributed by atoms with Gasteiger partial charge in [-0.2, -0.15) is 0 Å². The summed E-state index contributed by atoms with van der Waals surface area (Å²) >= 11 is 0. The minimum Gasteiger partial charge on any atom is -0.371 e. The highest BCUT2D eigenvalue weighted by Crippen LogP contribution is 2.37. The zero-order chi connectivity index (χ0) is 17.9. The average Bonchev–Trinajstić information content (AvgIpc) is 3.42. The van der Waals surface area contributed by atoms with Crippen molar-refractivity contribution < 1.29 is 9.53 Å². The zero-order valence-electron chi connectivity index (χ0n) is 14.6. The molecule has 0 spiro atoms. The van der Waals surface area contributed by atoms with Gasteiger partial charge in [0.25, 0.3) is 11.5 Å². The lowest BCUT2D eigenvalue weighted by Gasteiger charge is -2.21. The number of rotatable bonds is 6. The summed E-state index contributed by atoms with van der Waals surface area (Å²) in [7, 11) is 0. The lowest BCUT2D eigenvalue weighted by molar-refractivity contribution is 0.0272. The van der Waals surface area contributed by atoms with Gasteiger partial charge >= 0.3 is 0 Å². The molecule has 4 rings (SSSR count). The summed E-state index contributed by atoms with van der Waals surface area (Å²) in [5.41, 5.74) is 0.822. The van der Waals surface area contributed by atoms with Crippen LogP contribution in [0.3, 0.4) is 0 Å². The summed E-state index contributed by atoms with van der Waals surface area (Å²) < 4.78 is 6.01. The van der Waals surface area contributed by atoms with Gasteiger partial charge in [-0.15, -0.1) is 0 Å². The molecule has 1 heterocycles. The third-order valence-corrected chi connectivity index (χ3v) is 5.10. The summed E-state index contributed by atoms with van der Waals surface area (Å²) in [5, 5.41) is 2.96. The van der Waals surface area contributed by atoms with Crippen LogP contribution >= 0.6 is 0 Å². The molecule has 2 N–H and O–H groups in total. The van der Waals surface area contributed by atoms with Crippen LogP contribution in [0.25, 0.3) is 0 Å². The third kappa shape index (κ3) is 3.85. The number of aromatic nitrogens is 2. The van der Waals surface area contributed by atoms with Crippen LogP contribution in [0.2, 0.25) is 0 Å². The molecule has 0 bridgehead atoms. The van der Waals surface area contributed by atoms with Crippen molar-refractivity contribution in [2.75, 3.05) is 0 Å². The van der Waals surface area contributed by atoms with Crippen LogP contribution in [0.15, 0.2) is 41.3 Å². The fourth-order valence-electron chi connectivity index (χ4n) is 3.45. The second-order valence-electron chi connectivity index (χ2n) is 7.13. The molecule has 1 aromatic carbocycles. The Balaban J connectivity index is 1.37. The normalized spacial score (nSPS) is 22.3. The van der Waals surface area contributed by atoms with Crippen LogP contribution in [0.4, 0.5) is 0 Å². The van der Waals surface area contributed by atoms with E-state index in [1.807, 2.05) is 30.3 Å². The first-order valence-corrected chi connectivity index (χ1v) is 9.26. The predicted molar refractivity (Wildman–Crippen MR) is 97.0 cm³/mol. The Morgan fingerprint density at radius 1 is 1.19 bits per heavy atom. The first-order valence-electron chi connectivity index (χ1n) is 9.26. The maximum atomic E-state index is 12.5. The molecule has 26 heavy (non-hydrogen) atoms. The number of carbonyl (C=O) groups is 1. The van der Waals surface area contributed by atoms with Crippen LogP contribution in [0, 0.1) is 0 Å². The van der Waals surface area contributed by atoms with Gasteiger partial charge in [0.1, 0.15) is 11.4 Å². The van der Waals surface area contributed by atoms with Gasteiger partial charge in [0, 0.05) is 12.1 Å². The number of H-pyrrole nitrogens is 1. The fraction of sp³-hybridized carbons (Fsp3) is 0.450. The molecule has 6 heteroatoms. The molecule has 0 aliphatic heterocycles. The van der Waals surface area contributed by atoms with E-state index in [-0.39, 0.29) is 29.2 Å². The van der Waals surface area contributed by atoms with Gasteiger partial charge in [-0.1, -0.05) is 30.3 Å². The fourth-order valence-corrected chi connectivity index (χ4v) is 3.45. The standard InChI is InChI=1S/C20H23N3O3/c24-19(15-11-21-18(14-9-10-14)23-20(15)25)22-16-7-4-8-17(16)26-12-13-5-2-1-3-6-13/h1-3,5-6,11,14,16-17H,4,7-10,12H2,(H,22,24)(H,21,23,25)/t16-,17-/m1/s1. The van der Waals surface area contributed by atoms with E-state index in [0.717, 1.165) is 37.7 Å². The highest BCUT2D eigenvalue weighted by Gasteiger charge is 2.31. The van der Waals surface area contributed by atoms with Crippen molar-refractivity contribution in [3.05, 3.63) is 63.8 Å². The van der Waals surface area contributed by atoms with Gasteiger partial charge in [0.15, 0.2) is 0 Å². The molecule has 6 nitrogen and oxygen atoms in total. The number of hydrogen-bond donors (Lipinski definition) is 2. The molecule has 1 amide bonds. The van der Waals surface area contributed by atoms with E-state index >= 15 is 0 Å². The number of carbonyl (C=O) groups excluding carboxylic acids is 1. The largest absolute Gasteiger partial charge is 0.371 e. The second-order valence-corrected chi connectivity index (χ2v) is 7.13. The molecular formula is C20H23N3O3. The maximum absolute atomic E-state index is 12.5. The molecule has 2 saturated carbocycles. The van der Waals surface area contributed by atoms with E-state index in [0.29, 0.717) is 18.3 Å². The van der Waals surface area contributed by atoms with E-state index in [2.05, 4.69) is 15.3 Å². The van der Waals surface area contributed by atoms with Crippen molar-refractivity contribution >= 4 is 5.91 Å². The molecule has 0 radical (unpaired) electrons. The molecule has 0 saturated heterocycles. The summed E-state index contributed by atoms with van der Waals surface area (Å²) in [6.45, 7) is 0.524. The van der Waals surface area contributed by atoms with Crippen LogP contribution in [0.5, 0.6) is 0 Å². The van der Waals surface area contributed by atoms with E-state index in [9.17, 15) is 9.59 Å². The van der Waals surface area contributed by atoms with Crippen molar-refractivity contribution in [1.82, 2.24) is 15.3 Å². The highest BCUT2D eigenvalue weighted by molar-refractivity contribution is 5.93. The monoisotopic (exact) mass is 353 g/mol. The number of nitrogens with one attached hydrogen (secondary N) is 2. The van der Waals surface area contributed by atoms with Gasteiger partial charge in [0.05, 0.1) is 18.8 Å². The van der Waals surface area contributed by atoms with E-state index < -0.39 is 0 Å². The topological polar surface area (TPSA) is 84.1 Å². The molecule has 2 aliphatic carbocycles. The van der Waals surface area contributed by atoms with Crippen molar-refractivity contribution in [2.45, 2.75) is 56.8 Å². The number of amides is 1. The number of benzene rings is 1. The van der Waals surface area contributed by atoms with Gasteiger partial charge in [-0.05, 0) is 37.7 Å². The van der Waals surface area contributed by atoms with E-state index in [4.69, 9.17) is 4.74 Å². The van der Waals surface area contributed by atoms with Crippen molar-refractivity contribution in [3.8, 4) is 0 Å². The zero-order valence-corrected chi connectivity index (χ0v) is 14.6. The molecular weight excluding hydrogens is 330 g/mol. The first-order chi connectivity index (χ1) is 12.7. The lowest BCUT2D eigenvalue weighted by Crippen LogP contribution is -2.42. The summed E-state index contributed by atoms with van der Waals surface area (Å²) in [6.07, 6.45) is 6.24. The first kappa shape index (κ1) is 17.0. The second kappa shape index (κ2) is 7.41. The van der Waals surface area contributed by atoms with E-state index in [1.54, 1.807) is 0 Å². The summed E-state index contributed by atoms with van der Waals surface area (Å²) in [5.74, 6) is 0.670. The Bertz CT molecular complexity index is 830. The Hall–Kier alpha value is -2.47. The van der Waals surface area contributed by atoms with Crippen molar-refractivity contribution in [2.24, 2.45) is 0 Å². The van der Waals surface area contributed by atoms with Gasteiger partial charge < -0.3 is 15.0 Å². The third-order valence-electron chi connectivity index (χ3n) is 5.10. The maximum Gasteiger partial charge on any atom is 0.263 e. The van der Waals surface area contributed by atoms with Crippen LogP contribution in [0.1, 0.15) is 59.8 Å². The smallest absolute Gasteiger partial charge is 0.263 e. The Morgan fingerprint density at radius 2 is 2.00 bits per heavy atom. The molecule has 2 atom stereocenters. The molecule has 0 unspecified atom stereocenters. The summed E-state index contributed by atoms with van der Waals surface area (Å²) in [6, 6.07) is 9.91. The van der Waals surface area contributed by atoms with Gasteiger partial charge in [-0.25, -0.2) is 4.98 Å². The predicted octanol–water partition coefficient (Wildman–Crippen LogP) is 2.52. The highest BCUT2D eigenvalue weighted by atomic mass is 16.5. The summed E-state index contributed by atoms with van der Waals surface area (Å²) in [4.78, 5) is 31.7. The number of aromatic amines is 1. The molecule has 2 aliphatic rings. The molecule has 1 aromatic heterocycles. The van der Waals surface area contributed by atoms with Crippen LogP contribution < -0.4 is 10.9 Å². The Labute approximate surface area is 152 Å². The van der Waals surface area contributed by atoms with Gasteiger partial charge in [0.2, 0.25) is 0 Å². The average molecular weight is 353 g/mol. The van der Waals surface area contributed by atoms with Crippen LogP contribution in [-0.4, -0.2) is 28.0 Å². The van der Waals surface area contributed by atoms with Crippen molar-refractivity contribution in [1.29, 1.82) is 0 Å². The minimum absolute atomic E-state index is 0.0306. The minimum atomic E-state index is -0.374. The molecule has 2 fully saturated rings.